The SMILES string of the molecule is CCc1c(C(=O)NC[C@H](c2ccccc2OC)N2CCCC2)cnn1-c1ccc(OC)nn1. The van der Waals surface area contributed by atoms with Crippen LogP contribution in [0.3, 0.4) is 0 Å². The lowest BCUT2D eigenvalue weighted by Gasteiger charge is -2.29. The molecule has 3 heterocycles. The average Bonchev–Trinajstić information content (AvgIpc) is 3.54. The molecule has 1 fully saturated rings. The minimum atomic E-state index is -0.154. The van der Waals surface area contributed by atoms with Crippen LogP contribution in [0.2, 0.25) is 0 Å². The molecule has 0 spiro atoms. The largest absolute Gasteiger partial charge is 0.496 e. The number of aromatic nitrogens is 4. The van der Waals surface area contributed by atoms with Gasteiger partial charge in [-0.2, -0.15) is 5.10 Å². The third-order valence-corrected chi connectivity index (χ3v) is 6.04. The highest BCUT2D eigenvalue weighted by atomic mass is 16.5. The summed E-state index contributed by atoms with van der Waals surface area (Å²) in [5.74, 6) is 1.64. The number of methoxy groups -OCH3 is 2. The van der Waals surface area contributed by atoms with Crippen LogP contribution >= 0.6 is 0 Å². The number of para-hydroxylation sites is 1. The zero-order chi connectivity index (χ0) is 23.2. The maximum atomic E-state index is 13.2. The molecular formula is C24H30N6O3. The number of carbonyl (C=O) groups is 1. The molecule has 1 aromatic carbocycles. The summed E-state index contributed by atoms with van der Waals surface area (Å²) in [6, 6.07) is 11.5. The minimum Gasteiger partial charge on any atom is -0.496 e. The predicted octanol–water partition coefficient (Wildman–Crippen LogP) is 2.81. The van der Waals surface area contributed by atoms with Crippen molar-refractivity contribution in [2.75, 3.05) is 33.9 Å². The number of ether oxygens (including phenoxy) is 2. The summed E-state index contributed by atoms with van der Waals surface area (Å²) < 4.78 is 12.3. The molecule has 0 unspecified atom stereocenters. The summed E-state index contributed by atoms with van der Waals surface area (Å²) in [6.07, 6.45) is 4.54. The van der Waals surface area contributed by atoms with E-state index in [0.717, 1.165) is 42.9 Å². The smallest absolute Gasteiger partial charge is 0.254 e. The first-order valence-electron chi connectivity index (χ1n) is 11.3. The van der Waals surface area contributed by atoms with Crippen molar-refractivity contribution in [3.8, 4) is 17.4 Å². The average molecular weight is 451 g/mol. The molecule has 3 aromatic rings. The van der Waals surface area contributed by atoms with Crippen LogP contribution in [0, 0.1) is 0 Å². The molecule has 9 heteroatoms. The lowest BCUT2D eigenvalue weighted by molar-refractivity contribution is 0.0936. The van der Waals surface area contributed by atoms with E-state index in [-0.39, 0.29) is 11.9 Å². The summed E-state index contributed by atoms with van der Waals surface area (Å²) in [5.41, 5.74) is 2.40. The normalized spacial score (nSPS) is 14.8. The van der Waals surface area contributed by atoms with Gasteiger partial charge in [0.15, 0.2) is 5.82 Å². The number of rotatable bonds is 9. The van der Waals surface area contributed by atoms with Gasteiger partial charge in [0.1, 0.15) is 5.75 Å². The molecule has 0 radical (unpaired) electrons. The first kappa shape index (κ1) is 22.7. The van der Waals surface area contributed by atoms with Crippen molar-refractivity contribution in [3.05, 3.63) is 59.4 Å². The second-order valence-electron chi connectivity index (χ2n) is 7.92. The van der Waals surface area contributed by atoms with E-state index in [1.165, 1.54) is 7.11 Å². The number of likely N-dealkylation sites (tertiary alicyclic amines) is 1. The van der Waals surface area contributed by atoms with Crippen molar-refractivity contribution in [3.63, 3.8) is 0 Å². The van der Waals surface area contributed by atoms with E-state index in [9.17, 15) is 4.79 Å². The van der Waals surface area contributed by atoms with Crippen molar-refractivity contribution in [2.45, 2.75) is 32.2 Å². The Balaban J connectivity index is 1.54. The standard InChI is InChI=1S/C24H30N6O3/c1-4-19-18(15-26-30(19)22-11-12-23(33-3)28-27-22)24(31)25-16-20(29-13-7-8-14-29)17-9-5-6-10-21(17)32-2/h5-6,9-12,15,20H,4,7-8,13-14,16H2,1-3H3,(H,25,31)/t20-/m1/s1. The van der Waals surface area contributed by atoms with Crippen LogP contribution < -0.4 is 14.8 Å². The van der Waals surface area contributed by atoms with Gasteiger partial charge in [-0.3, -0.25) is 9.69 Å². The van der Waals surface area contributed by atoms with Crippen molar-refractivity contribution in [1.29, 1.82) is 0 Å². The highest BCUT2D eigenvalue weighted by Gasteiger charge is 2.27. The van der Waals surface area contributed by atoms with E-state index in [0.29, 0.717) is 30.2 Å². The van der Waals surface area contributed by atoms with E-state index >= 15 is 0 Å². The Morgan fingerprint density at radius 2 is 1.88 bits per heavy atom. The Morgan fingerprint density at radius 3 is 2.55 bits per heavy atom. The molecule has 1 atom stereocenters. The van der Waals surface area contributed by atoms with Gasteiger partial charge in [-0.05, 0) is 44.5 Å². The zero-order valence-corrected chi connectivity index (χ0v) is 19.3. The zero-order valence-electron chi connectivity index (χ0n) is 19.3. The number of carbonyl (C=O) groups excluding carboxylic acids is 1. The van der Waals surface area contributed by atoms with Crippen molar-refractivity contribution < 1.29 is 14.3 Å². The molecule has 1 N–H and O–H groups in total. The van der Waals surface area contributed by atoms with Gasteiger partial charge >= 0.3 is 0 Å². The van der Waals surface area contributed by atoms with Gasteiger partial charge < -0.3 is 14.8 Å². The first-order chi connectivity index (χ1) is 16.2. The number of benzene rings is 1. The molecule has 1 saturated heterocycles. The van der Waals surface area contributed by atoms with Crippen molar-refractivity contribution >= 4 is 5.91 Å². The van der Waals surface area contributed by atoms with Gasteiger partial charge in [0.25, 0.3) is 5.91 Å². The molecule has 174 valence electrons. The van der Waals surface area contributed by atoms with Crippen molar-refractivity contribution in [2.24, 2.45) is 0 Å². The molecule has 0 saturated carbocycles. The molecule has 4 rings (SSSR count). The van der Waals surface area contributed by atoms with E-state index in [1.54, 1.807) is 30.1 Å². The Labute approximate surface area is 193 Å². The number of nitrogens with one attached hydrogen (secondary N) is 1. The fraction of sp³-hybridized carbons (Fsp3) is 0.417. The fourth-order valence-electron chi connectivity index (χ4n) is 4.35. The Bertz CT molecular complexity index is 1080. The van der Waals surface area contributed by atoms with E-state index < -0.39 is 0 Å². The van der Waals surface area contributed by atoms with E-state index in [4.69, 9.17) is 9.47 Å². The van der Waals surface area contributed by atoms with Crippen LogP contribution in [0.1, 0.15) is 47.4 Å². The minimum absolute atomic E-state index is 0.0418. The molecule has 1 aliphatic heterocycles. The first-order valence-corrected chi connectivity index (χ1v) is 11.3. The Morgan fingerprint density at radius 1 is 1.09 bits per heavy atom. The Kier molecular flexibility index (Phi) is 7.19. The molecular weight excluding hydrogens is 420 g/mol. The third kappa shape index (κ3) is 4.83. The third-order valence-electron chi connectivity index (χ3n) is 6.04. The fourth-order valence-corrected chi connectivity index (χ4v) is 4.35. The van der Waals surface area contributed by atoms with Gasteiger partial charge in [0.2, 0.25) is 5.88 Å². The molecule has 33 heavy (non-hydrogen) atoms. The number of nitrogens with zero attached hydrogens (tertiary/aromatic N) is 5. The maximum Gasteiger partial charge on any atom is 0.254 e. The summed E-state index contributed by atoms with van der Waals surface area (Å²) in [4.78, 5) is 15.6. The summed E-state index contributed by atoms with van der Waals surface area (Å²) in [5, 5.41) is 15.7. The van der Waals surface area contributed by atoms with E-state index in [1.807, 2.05) is 25.1 Å². The second-order valence-corrected chi connectivity index (χ2v) is 7.92. The topological polar surface area (TPSA) is 94.4 Å². The number of hydrogen-bond donors (Lipinski definition) is 1. The van der Waals surface area contributed by atoms with Gasteiger partial charge in [-0.25, -0.2) is 4.68 Å². The summed E-state index contributed by atoms with van der Waals surface area (Å²) >= 11 is 0. The van der Waals surface area contributed by atoms with Gasteiger partial charge in [0, 0.05) is 18.2 Å². The van der Waals surface area contributed by atoms with Crippen LogP contribution in [-0.4, -0.2) is 64.6 Å². The van der Waals surface area contributed by atoms with E-state index in [2.05, 4.69) is 31.6 Å². The summed E-state index contributed by atoms with van der Waals surface area (Å²) in [7, 11) is 3.22. The lowest BCUT2D eigenvalue weighted by Crippen LogP contribution is -2.37. The second kappa shape index (κ2) is 10.4. The van der Waals surface area contributed by atoms with Crippen LogP contribution in [0.4, 0.5) is 0 Å². The highest BCUT2D eigenvalue weighted by Crippen LogP contribution is 2.31. The van der Waals surface area contributed by atoms with Gasteiger partial charge in [-0.15, -0.1) is 10.2 Å². The van der Waals surface area contributed by atoms with Crippen LogP contribution in [0.5, 0.6) is 11.6 Å². The predicted molar refractivity (Wildman–Crippen MR) is 124 cm³/mol. The quantitative estimate of drug-likeness (QED) is 0.536. The molecule has 1 aliphatic rings. The van der Waals surface area contributed by atoms with Gasteiger partial charge in [0.05, 0.1) is 37.7 Å². The summed E-state index contributed by atoms with van der Waals surface area (Å²) in [6.45, 7) is 4.48. The molecule has 0 bridgehead atoms. The van der Waals surface area contributed by atoms with Crippen molar-refractivity contribution in [1.82, 2.24) is 30.2 Å². The highest BCUT2D eigenvalue weighted by molar-refractivity contribution is 5.95. The van der Waals surface area contributed by atoms with Crippen LogP contribution in [-0.2, 0) is 6.42 Å². The van der Waals surface area contributed by atoms with Crippen LogP contribution in [0.25, 0.3) is 5.82 Å². The lowest BCUT2D eigenvalue weighted by atomic mass is 10.0. The number of hydrogen-bond acceptors (Lipinski definition) is 7. The molecule has 2 aromatic heterocycles. The monoisotopic (exact) mass is 450 g/mol. The number of amides is 1. The molecule has 0 aliphatic carbocycles. The molecule has 9 nitrogen and oxygen atoms in total. The van der Waals surface area contributed by atoms with Crippen LogP contribution in [0.15, 0.2) is 42.6 Å². The molecule has 1 amide bonds. The Hall–Kier alpha value is -3.46. The van der Waals surface area contributed by atoms with Gasteiger partial charge in [-0.1, -0.05) is 25.1 Å². The maximum absolute atomic E-state index is 13.2.